The highest BCUT2D eigenvalue weighted by molar-refractivity contribution is 6.06. The minimum atomic E-state index is -0.468. The van der Waals surface area contributed by atoms with Gasteiger partial charge in [-0.05, 0) is 69.8 Å². The van der Waals surface area contributed by atoms with Gasteiger partial charge >= 0.3 is 0 Å². The largest absolute Gasteiger partial charge is 0.390 e. The van der Waals surface area contributed by atoms with E-state index in [0.29, 0.717) is 29.4 Å². The number of fused-ring (bicyclic) bond motifs is 1. The summed E-state index contributed by atoms with van der Waals surface area (Å²) in [5.41, 5.74) is 7.46. The maximum absolute atomic E-state index is 12.3. The molecule has 0 radical (unpaired) electrons. The first-order valence-electron chi connectivity index (χ1n) is 10.1. The van der Waals surface area contributed by atoms with Gasteiger partial charge in [-0.2, -0.15) is 0 Å². The van der Waals surface area contributed by atoms with Gasteiger partial charge in [0.1, 0.15) is 5.65 Å². The van der Waals surface area contributed by atoms with E-state index in [9.17, 15) is 9.90 Å². The summed E-state index contributed by atoms with van der Waals surface area (Å²) in [5.74, 6) is 1.14. The first kappa shape index (κ1) is 17.0. The van der Waals surface area contributed by atoms with Crippen molar-refractivity contribution in [2.45, 2.75) is 63.6 Å². The lowest BCUT2D eigenvalue weighted by molar-refractivity contribution is -0.134. The van der Waals surface area contributed by atoms with Crippen molar-refractivity contribution in [1.29, 1.82) is 0 Å². The summed E-state index contributed by atoms with van der Waals surface area (Å²) in [4.78, 5) is 22.2. The maximum atomic E-state index is 12.3. The Balaban J connectivity index is 1.66. The highest BCUT2D eigenvalue weighted by Gasteiger charge is 2.56. The number of aromatic amines is 1. The lowest BCUT2D eigenvalue weighted by atomic mass is 9.52. The molecule has 2 atom stereocenters. The molecular formula is C21H28N4O2. The summed E-state index contributed by atoms with van der Waals surface area (Å²) in [6.45, 7) is 4.37. The number of hydrogen-bond donors (Lipinski definition) is 3. The molecule has 0 aromatic carbocycles. The van der Waals surface area contributed by atoms with Crippen LogP contribution in [0, 0.1) is 17.8 Å². The molecule has 0 aliphatic heterocycles. The molecule has 144 valence electrons. The molecule has 4 fully saturated rings. The fraction of sp³-hybridized carbons (Fsp3) is 0.619. The van der Waals surface area contributed by atoms with Gasteiger partial charge in [0, 0.05) is 29.9 Å². The van der Waals surface area contributed by atoms with Crippen LogP contribution in [0.5, 0.6) is 0 Å². The van der Waals surface area contributed by atoms with Crippen LogP contribution in [-0.2, 0) is 0 Å². The van der Waals surface area contributed by atoms with Crippen LogP contribution in [0.4, 0.5) is 5.69 Å². The van der Waals surface area contributed by atoms with Crippen molar-refractivity contribution >= 4 is 22.6 Å². The topological polar surface area (TPSA) is 95.2 Å². The van der Waals surface area contributed by atoms with Gasteiger partial charge in [-0.25, -0.2) is 4.98 Å². The highest BCUT2D eigenvalue weighted by atomic mass is 16.3. The van der Waals surface area contributed by atoms with Crippen LogP contribution in [-0.4, -0.2) is 38.7 Å². The number of nitrogens with zero attached hydrogens (tertiary/aromatic N) is 2. The van der Waals surface area contributed by atoms with E-state index < -0.39 is 11.5 Å². The highest BCUT2D eigenvalue weighted by Crippen LogP contribution is 2.58. The standard InChI is InChI=1S/C21H28N4O2/c1-11(2)25(17-13-5-12-6-14(17)9-21(27,7-12)8-13)18-15-3-4-23-20(15)24-10-16(18)19(22)26/h3-4,10-14,17,27H,5-9H2,1-2H3,(H2,22,26)(H,23,24). The molecular weight excluding hydrogens is 340 g/mol. The predicted octanol–water partition coefficient (Wildman–Crippen LogP) is 2.82. The Morgan fingerprint density at radius 2 is 2.04 bits per heavy atom. The SMILES string of the molecule is CC(C)N(c1c(C(N)=O)cnc2[nH]ccc12)C1C2CC3CC1CC(O)(C3)C2. The second-order valence-electron chi connectivity index (χ2n) is 9.31. The van der Waals surface area contributed by atoms with Gasteiger partial charge in [-0.3, -0.25) is 4.79 Å². The van der Waals surface area contributed by atoms with E-state index in [2.05, 4.69) is 28.7 Å². The molecule has 1 amide bonds. The molecule has 0 spiro atoms. The van der Waals surface area contributed by atoms with Gasteiger partial charge in [0.25, 0.3) is 5.91 Å². The van der Waals surface area contributed by atoms with Gasteiger partial charge in [0.05, 0.1) is 16.9 Å². The van der Waals surface area contributed by atoms with Crippen LogP contribution in [0.3, 0.4) is 0 Å². The Hall–Kier alpha value is -2.08. The van der Waals surface area contributed by atoms with E-state index in [-0.39, 0.29) is 6.04 Å². The zero-order chi connectivity index (χ0) is 18.9. The van der Waals surface area contributed by atoms with Crippen LogP contribution >= 0.6 is 0 Å². The minimum Gasteiger partial charge on any atom is -0.390 e. The predicted molar refractivity (Wildman–Crippen MR) is 105 cm³/mol. The van der Waals surface area contributed by atoms with E-state index in [1.54, 1.807) is 6.20 Å². The minimum absolute atomic E-state index is 0.223. The third kappa shape index (κ3) is 2.49. The first-order valence-corrected chi connectivity index (χ1v) is 10.1. The number of anilines is 1. The van der Waals surface area contributed by atoms with Crippen molar-refractivity contribution in [2.75, 3.05) is 4.90 Å². The molecule has 4 N–H and O–H groups in total. The van der Waals surface area contributed by atoms with E-state index in [1.165, 1.54) is 12.8 Å². The van der Waals surface area contributed by atoms with Crippen molar-refractivity contribution in [3.8, 4) is 0 Å². The van der Waals surface area contributed by atoms with E-state index in [4.69, 9.17) is 5.73 Å². The number of H-pyrrole nitrogens is 1. The molecule has 2 heterocycles. The summed E-state index contributed by atoms with van der Waals surface area (Å²) in [6.07, 6.45) is 8.56. The van der Waals surface area contributed by atoms with Gasteiger partial charge in [-0.1, -0.05) is 0 Å². The quantitative estimate of drug-likeness (QED) is 0.773. The van der Waals surface area contributed by atoms with Gasteiger partial charge in [0.15, 0.2) is 0 Å². The van der Waals surface area contributed by atoms with Gasteiger partial charge in [0.2, 0.25) is 0 Å². The third-order valence-corrected chi connectivity index (χ3v) is 7.15. The van der Waals surface area contributed by atoms with Crippen LogP contribution in [0.15, 0.2) is 18.5 Å². The van der Waals surface area contributed by atoms with E-state index in [0.717, 1.165) is 36.0 Å². The fourth-order valence-electron chi connectivity index (χ4n) is 6.61. The Labute approximate surface area is 159 Å². The molecule has 0 saturated heterocycles. The molecule has 6 rings (SSSR count). The summed E-state index contributed by atoms with van der Waals surface area (Å²) in [6, 6.07) is 2.55. The monoisotopic (exact) mass is 368 g/mol. The molecule has 4 bridgehead atoms. The van der Waals surface area contributed by atoms with Crippen molar-refractivity contribution < 1.29 is 9.90 Å². The Morgan fingerprint density at radius 3 is 2.63 bits per heavy atom. The second-order valence-corrected chi connectivity index (χ2v) is 9.31. The number of primary amides is 1. The molecule has 2 aromatic heterocycles. The Morgan fingerprint density at radius 1 is 1.33 bits per heavy atom. The molecule has 2 unspecified atom stereocenters. The maximum Gasteiger partial charge on any atom is 0.252 e. The van der Waals surface area contributed by atoms with Crippen molar-refractivity contribution in [3.63, 3.8) is 0 Å². The van der Waals surface area contributed by atoms with Crippen molar-refractivity contribution in [2.24, 2.45) is 23.5 Å². The lowest BCUT2D eigenvalue weighted by Gasteiger charge is -2.61. The van der Waals surface area contributed by atoms with Crippen molar-refractivity contribution in [1.82, 2.24) is 9.97 Å². The number of nitrogens with one attached hydrogen (secondary N) is 1. The van der Waals surface area contributed by atoms with Crippen LogP contribution in [0.25, 0.3) is 11.0 Å². The van der Waals surface area contributed by atoms with Crippen molar-refractivity contribution in [3.05, 3.63) is 24.0 Å². The summed E-state index contributed by atoms with van der Waals surface area (Å²) >= 11 is 0. The Bertz CT molecular complexity index is 889. The first-order chi connectivity index (χ1) is 12.9. The number of aliphatic hydroxyl groups is 1. The van der Waals surface area contributed by atoms with E-state index in [1.807, 2.05) is 12.3 Å². The molecule has 4 saturated carbocycles. The molecule has 27 heavy (non-hydrogen) atoms. The number of carbonyl (C=O) groups excluding carboxylic acids is 1. The van der Waals surface area contributed by atoms with Crippen LogP contribution < -0.4 is 10.6 Å². The van der Waals surface area contributed by atoms with Gasteiger partial charge in [-0.15, -0.1) is 0 Å². The molecule has 6 nitrogen and oxygen atoms in total. The van der Waals surface area contributed by atoms with Crippen LogP contribution in [0.1, 0.15) is 56.3 Å². The zero-order valence-electron chi connectivity index (χ0n) is 16.0. The average molecular weight is 368 g/mol. The molecule has 4 aliphatic carbocycles. The number of nitrogens with two attached hydrogens (primary N) is 1. The number of hydrogen-bond acceptors (Lipinski definition) is 4. The number of aromatic nitrogens is 2. The summed E-state index contributed by atoms with van der Waals surface area (Å²) < 4.78 is 0. The molecule has 2 aromatic rings. The zero-order valence-corrected chi connectivity index (χ0v) is 16.0. The molecule has 6 heteroatoms. The smallest absolute Gasteiger partial charge is 0.252 e. The molecule has 4 aliphatic rings. The normalized spacial score (nSPS) is 34.5. The number of amides is 1. The third-order valence-electron chi connectivity index (χ3n) is 7.15. The number of rotatable bonds is 4. The van der Waals surface area contributed by atoms with E-state index >= 15 is 0 Å². The fourth-order valence-corrected chi connectivity index (χ4v) is 6.61. The number of carbonyl (C=O) groups is 1. The van der Waals surface area contributed by atoms with Crippen LogP contribution in [0.2, 0.25) is 0 Å². The van der Waals surface area contributed by atoms with Gasteiger partial charge < -0.3 is 20.7 Å². The Kier molecular flexibility index (Phi) is 3.60. The summed E-state index contributed by atoms with van der Waals surface area (Å²) in [5, 5.41) is 11.9. The average Bonchev–Trinajstić information content (AvgIpc) is 3.04. The lowest BCUT2D eigenvalue weighted by Crippen LogP contribution is -2.63. The number of pyridine rings is 1. The summed E-state index contributed by atoms with van der Waals surface area (Å²) in [7, 11) is 0. The second kappa shape index (κ2) is 5.71.